The van der Waals surface area contributed by atoms with Gasteiger partial charge in [-0.25, -0.2) is 4.98 Å². The Kier molecular flexibility index (Phi) is 3.43. The lowest BCUT2D eigenvalue weighted by atomic mass is 10.1. The van der Waals surface area contributed by atoms with Gasteiger partial charge < -0.3 is 4.74 Å². The number of rotatable bonds is 2. The molecule has 2 aromatic rings. The molecule has 0 N–H and O–H groups in total. The average molecular weight is 274 g/mol. The predicted octanol–water partition coefficient (Wildman–Crippen LogP) is 4.30. The van der Waals surface area contributed by atoms with Gasteiger partial charge in [-0.3, -0.25) is 0 Å². The number of nitrogens with zero attached hydrogens (tertiary/aromatic N) is 1. The Bertz CT molecular complexity index is 540. The number of halogens is 4. The van der Waals surface area contributed by atoms with Crippen LogP contribution in [0.5, 0.6) is 5.75 Å². The minimum absolute atomic E-state index is 0.270. The van der Waals surface area contributed by atoms with Gasteiger partial charge in [0.25, 0.3) is 0 Å². The molecule has 1 heterocycles. The van der Waals surface area contributed by atoms with Crippen molar-refractivity contribution in [3.05, 3.63) is 47.6 Å². The molecule has 0 aliphatic rings. The topological polar surface area (TPSA) is 22.1 Å². The molecule has 2 rings (SSSR count). The quantitative estimate of drug-likeness (QED) is 0.761. The van der Waals surface area contributed by atoms with Crippen molar-refractivity contribution < 1.29 is 17.9 Å². The zero-order valence-corrected chi connectivity index (χ0v) is 9.66. The second-order valence-corrected chi connectivity index (χ2v) is 3.80. The van der Waals surface area contributed by atoms with Crippen LogP contribution < -0.4 is 4.74 Å². The summed E-state index contributed by atoms with van der Waals surface area (Å²) in [6.07, 6.45) is -4.68. The van der Waals surface area contributed by atoms with Gasteiger partial charge in [-0.2, -0.15) is 0 Å². The standard InChI is InChI=1S/C12H7ClF3NO/c13-11-3-1-2-10(17-11)8-4-6-9(7-5-8)18-12(14,15)16/h1-7H. The Morgan fingerprint density at radius 2 is 1.67 bits per heavy atom. The lowest BCUT2D eigenvalue weighted by molar-refractivity contribution is -0.274. The highest BCUT2D eigenvalue weighted by Gasteiger charge is 2.30. The summed E-state index contributed by atoms with van der Waals surface area (Å²) >= 11 is 5.73. The van der Waals surface area contributed by atoms with Gasteiger partial charge in [0, 0.05) is 5.56 Å². The van der Waals surface area contributed by atoms with Crippen LogP contribution in [0.25, 0.3) is 11.3 Å². The fourth-order valence-corrected chi connectivity index (χ4v) is 1.56. The van der Waals surface area contributed by atoms with Crippen molar-refractivity contribution >= 4 is 11.6 Å². The zero-order chi connectivity index (χ0) is 13.2. The van der Waals surface area contributed by atoms with E-state index >= 15 is 0 Å². The van der Waals surface area contributed by atoms with E-state index in [4.69, 9.17) is 11.6 Å². The van der Waals surface area contributed by atoms with Gasteiger partial charge in [0.05, 0.1) is 5.69 Å². The maximum absolute atomic E-state index is 12.0. The molecule has 1 aromatic carbocycles. The Labute approximate surface area is 106 Å². The molecule has 2 nitrogen and oxygen atoms in total. The highest BCUT2D eigenvalue weighted by atomic mass is 35.5. The van der Waals surface area contributed by atoms with Crippen LogP contribution in [0.3, 0.4) is 0 Å². The lowest BCUT2D eigenvalue weighted by Gasteiger charge is -2.09. The summed E-state index contributed by atoms with van der Waals surface area (Å²) in [6, 6.07) is 10.5. The number of hydrogen-bond acceptors (Lipinski definition) is 2. The van der Waals surface area contributed by atoms with E-state index in [1.807, 2.05) is 0 Å². The summed E-state index contributed by atoms with van der Waals surface area (Å²) in [5.74, 6) is -0.270. The normalized spacial score (nSPS) is 11.3. The van der Waals surface area contributed by atoms with E-state index in [2.05, 4.69) is 9.72 Å². The van der Waals surface area contributed by atoms with Gasteiger partial charge in [-0.15, -0.1) is 13.2 Å². The molecular formula is C12H7ClF3NO. The second kappa shape index (κ2) is 4.86. The predicted molar refractivity (Wildman–Crippen MR) is 61.4 cm³/mol. The van der Waals surface area contributed by atoms with E-state index in [-0.39, 0.29) is 5.75 Å². The zero-order valence-electron chi connectivity index (χ0n) is 8.91. The molecule has 0 unspecified atom stereocenters. The van der Waals surface area contributed by atoms with Crippen LogP contribution in [0.2, 0.25) is 5.15 Å². The van der Waals surface area contributed by atoms with E-state index < -0.39 is 6.36 Å². The average Bonchev–Trinajstić information content (AvgIpc) is 2.28. The molecule has 18 heavy (non-hydrogen) atoms. The van der Waals surface area contributed by atoms with Crippen molar-refractivity contribution in [2.45, 2.75) is 6.36 Å². The fourth-order valence-electron chi connectivity index (χ4n) is 1.40. The first-order chi connectivity index (χ1) is 8.44. The molecule has 94 valence electrons. The Balaban J connectivity index is 2.22. The molecule has 6 heteroatoms. The van der Waals surface area contributed by atoms with Crippen LogP contribution in [0.1, 0.15) is 0 Å². The van der Waals surface area contributed by atoms with Crippen molar-refractivity contribution in [3.8, 4) is 17.0 Å². The van der Waals surface area contributed by atoms with Gasteiger partial charge in [-0.05, 0) is 36.4 Å². The van der Waals surface area contributed by atoms with Crippen LogP contribution >= 0.6 is 11.6 Å². The lowest BCUT2D eigenvalue weighted by Crippen LogP contribution is -2.16. The summed E-state index contributed by atoms with van der Waals surface area (Å²) in [5.41, 5.74) is 1.24. The first-order valence-corrected chi connectivity index (χ1v) is 5.30. The van der Waals surface area contributed by atoms with Gasteiger partial charge in [-0.1, -0.05) is 17.7 Å². The molecule has 0 saturated heterocycles. The first kappa shape index (κ1) is 12.7. The number of pyridine rings is 1. The maximum atomic E-state index is 12.0. The van der Waals surface area contributed by atoms with Crippen LogP contribution in [0.15, 0.2) is 42.5 Å². The summed E-state index contributed by atoms with van der Waals surface area (Å²) < 4.78 is 39.7. The molecule has 0 aliphatic carbocycles. The van der Waals surface area contributed by atoms with Gasteiger partial charge >= 0.3 is 6.36 Å². The molecule has 0 fully saturated rings. The van der Waals surface area contributed by atoms with Crippen LogP contribution in [-0.2, 0) is 0 Å². The van der Waals surface area contributed by atoms with Gasteiger partial charge in [0.2, 0.25) is 0 Å². The number of alkyl halides is 3. The van der Waals surface area contributed by atoms with Crippen molar-refractivity contribution in [1.29, 1.82) is 0 Å². The summed E-state index contributed by atoms with van der Waals surface area (Å²) in [7, 11) is 0. The van der Waals surface area contributed by atoms with Crippen molar-refractivity contribution in [2.24, 2.45) is 0 Å². The third-order valence-corrected chi connectivity index (χ3v) is 2.31. The van der Waals surface area contributed by atoms with E-state index in [0.717, 1.165) is 0 Å². The Morgan fingerprint density at radius 3 is 2.22 bits per heavy atom. The van der Waals surface area contributed by atoms with E-state index in [0.29, 0.717) is 16.4 Å². The van der Waals surface area contributed by atoms with E-state index in [1.54, 1.807) is 18.2 Å². The summed E-state index contributed by atoms with van der Waals surface area (Å²) in [6.45, 7) is 0. The van der Waals surface area contributed by atoms with Crippen LogP contribution in [-0.4, -0.2) is 11.3 Å². The highest BCUT2D eigenvalue weighted by molar-refractivity contribution is 6.29. The number of hydrogen-bond donors (Lipinski definition) is 0. The van der Waals surface area contributed by atoms with E-state index in [1.165, 1.54) is 24.3 Å². The molecular weight excluding hydrogens is 267 g/mol. The monoisotopic (exact) mass is 273 g/mol. The van der Waals surface area contributed by atoms with Crippen molar-refractivity contribution in [2.75, 3.05) is 0 Å². The molecule has 0 bridgehead atoms. The largest absolute Gasteiger partial charge is 0.573 e. The maximum Gasteiger partial charge on any atom is 0.573 e. The minimum atomic E-state index is -4.68. The van der Waals surface area contributed by atoms with Crippen molar-refractivity contribution in [1.82, 2.24) is 4.98 Å². The minimum Gasteiger partial charge on any atom is -0.406 e. The molecule has 0 saturated carbocycles. The molecule has 0 radical (unpaired) electrons. The smallest absolute Gasteiger partial charge is 0.406 e. The number of benzene rings is 1. The molecule has 0 aliphatic heterocycles. The Hall–Kier alpha value is -1.75. The third kappa shape index (κ3) is 3.37. The SMILES string of the molecule is FC(F)(F)Oc1ccc(-c2cccc(Cl)n2)cc1. The summed E-state index contributed by atoms with van der Waals surface area (Å²) in [4.78, 5) is 4.05. The molecule has 0 spiro atoms. The van der Waals surface area contributed by atoms with Gasteiger partial charge in [0.15, 0.2) is 0 Å². The van der Waals surface area contributed by atoms with Crippen LogP contribution in [0, 0.1) is 0 Å². The molecule has 0 atom stereocenters. The van der Waals surface area contributed by atoms with Crippen LogP contribution in [0.4, 0.5) is 13.2 Å². The summed E-state index contributed by atoms with van der Waals surface area (Å²) in [5, 5.41) is 0.322. The third-order valence-electron chi connectivity index (χ3n) is 2.10. The molecule has 1 aromatic heterocycles. The molecule has 0 amide bonds. The number of ether oxygens (including phenoxy) is 1. The number of aromatic nitrogens is 1. The van der Waals surface area contributed by atoms with Gasteiger partial charge in [0.1, 0.15) is 10.9 Å². The second-order valence-electron chi connectivity index (χ2n) is 3.42. The Morgan fingerprint density at radius 1 is 1.00 bits per heavy atom. The van der Waals surface area contributed by atoms with E-state index in [9.17, 15) is 13.2 Å². The van der Waals surface area contributed by atoms with Crippen molar-refractivity contribution in [3.63, 3.8) is 0 Å². The fraction of sp³-hybridized carbons (Fsp3) is 0.0833. The highest BCUT2D eigenvalue weighted by Crippen LogP contribution is 2.26. The first-order valence-electron chi connectivity index (χ1n) is 4.93.